The summed E-state index contributed by atoms with van der Waals surface area (Å²) in [5.41, 5.74) is 0.284. The van der Waals surface area contributed by atoms with Gasteiger partial charge in [-0.15, -0.1) is 0 Å². The van der Waals surface area contributed by atoms with Gasteiger partial charge in [0.05, 0.1) is 18.1 Å². The molecule has 1 amide bonds. The van der Waals surface area contributed by atoms with Gasteiger partial charge in [-0.3, -0.25) is 9.10 Å². The molecular formula is C19H23N3O5S. The van der Waals surface area contributed by atoms with E-state index in [1.165, 1.54) is 6.07 Å². The number of benzene rings is 1. The number of hydrogen-bond donors (Lipinski definition) is 0. The average molecular weight is 405 g/mol. The number of morpholine rings is 1. The highest BCUT2D eigenvalue weighted by atomic mass is 32.2. The van der Waals surface area contributed by atoms with Crippen molar-refractivity contribution in [1.29, 1.82) is 5.26 Å². The van der Waals surface area contributed by atoms with Crippen molar-refractivity contribution < 1.29 is 22.7 Å². The molecule has 150 valence electrons. The number of hydrogen-bond acceptors (Lipinski definition) is 6. The number of nitriles is 1. The normalized spacial score (nSPS) is 18.4. The van der Waals surface area contributed by atoms with Gasteiger partial charge in [0.25, 0.3) is 15.9 Å². The highest BCUT2D eigenvalue weighted by molar-refractivity contribution is 7.89. The first-order valence-corrected chi connectivity index (χ1v) is 10.7. The molecule has 0 N–H and O–H groups in total. The van der Waals surface area contributed by atoms with E-state index in [1.807, 2.05) is 13.0 Å². The lowest BCUT2D eigenvalue weighted by Gasteiger charge is -2.36. The van der Waals surface area contributed by atoms with Crippen LogP contribution in [-0.2, 0) is 24.3 Å². The van der Waals surface area contributed by atoms with Crippen molar-refractivity contribution in [3.63, 3.8) is 0 Å². The summed E-state index contributed by atoms with van der Waals surface area (Å²) >= 11 is 0. The second-order valence-electron chi connectivity index (χ2n) is 6.46. The van der Waals surface area contributed by atoms with Crippen LogP contribution in [0.5, 0.6) is 0 Å². The minimum atomic E-state index is -3.91. The van der Waals surface area contributed by atoms with Gasteiger partial charge in [-0.2, -0.15) is 5.26 Å². The van der Waals surface area contributed by atoms with Gasteiger partial charge in [-0.05, 0) is 18.6 Å². The first-order chi connectivity index (χ1) is 13.5. The number of sulfonamides is 1. The SMILES string of the molecule is CCCCN1C(C(=O)N2CCOCC2)=C(OCC#N)c2ccccc2S1(=O)=O. The largest absolute Gasteiger partial charge is 0.476 e. The number of carbonyl (C=O) groups excluding carboxylic acids is 1. The maximum atomic E-state index is 13.3. The fraction of sp³-hybridized carbons (Fsp3) is 0.474. The second kappa shape index (κ2) is 8.63. The summed E-state index contributed by atoms with van der Waals surface area (Å²) in [6, 6.07) is 8.30. The van der Waals surface area contributed by atoms with E-state index in [4.69, 9.17) is 14.7 Å². The molecule has 2 aliphatic heterocycles. The zero-order valence-electron chi connectivity index (χ0n) is 15.8. The monoisotopic (exact) mass is 405 g/mol. The minimum Gasteiger partial charge on any atom is -0.476 e. The maximum absolute atomic E-state index is 13.3. The summed E-state index contributed by atoms with van der Waals surface area (Å²) in [7, 11) is -3.91. The van der Waals surface area contributed by atoms with Crippen LogP contribution in [0.3, 0.4) is 0 Å². The standard InChI is InChI=1S/C19H23N3O5S/c1-2-3-9-22-17(19(23)21-10-13-26-14-11-21)18(27-12-8-20)15-6-4-5-7-16(15)28(22,24)25/h4-7H,2-3,9-14H2,1H3. The lowest BCUT2D eigenvalue weighted by molar-refractivity contribution is -0.132. The van der Waals surface area contributed by atoms with Gasteiger partial charge in [0, 0.05) is 25.2 Å². The quantitative estimate of drug-likeness (QED) is 0.712. The van der Waals surface area contributed by atoms with E-state index in [0.29, 0.717) is 38.3 Å². The zero-order chi connectivity index (χ0) is 20.1. The van der Waals surface area contributed by atoms with E-state index in [-0.39, 0.29) is 29.5 Å². The van der Waals surface area contributed by atoms with E-state index >= 15 is 0 Å². The number of carbonyl (C=O) groups is 1. The number of fused-ring (bicyclic) bond motifs is 1. The van der Waals surface area contributed by atoms with Crippen molar-refractivity contribution in [2.45, 2.75) is 24.7 Å². The molecule has 1 fully saturated rings. The summed E-state index contributed by atoms with van der Waals surface area (Å²) < 4.78 is 38.7. The van der Waals surface area contributed by atoms with Crippen LogP contribution in [0.15, 0.2) is 34.9 Å². The van der Waals surface area contributed by atoms with Crippen molar-refractivity contribution in [3.8, 4) is 6.07 Å². The molecule has 0 unspecified atom stereocenters. The third kappa shape index (κ3) is 3.70. The first kappa shape index (κ1) is 20.2. The predicted molar refractivity (Wildman–Crippen MR) is 101 cm³/mol. The molecule has 28 heavy (non-hydrogen) atoms. The summed E-state index contributed by atoms with van der Waals surface area (Å²) in [5, 5.41) is 8.99. The van der Waals surface area contributed by atoms with Crippen molar-refractivity contribution in [2.24, 2.45) is 0 Å². The van der Waals surface area contributed by atoms with Crippen LogP contribution in [-0.4, -0.2) is 63.0 Å². The molecule has 0 saturated carbocycles. The average Bonchev–Trinajstić information content (AvgIpc) is 2.72. The lowest BCUT2D eigenvalue weighted by atomic mass is 10.1. The van der Waals surface area contributed by atoms with Crippen molar-refractivity contribution in [2.75, 3.05) is 39.5 Å². The molecule has 0 aromatic heterocycles. The van der Waals surface area contributed by atoms with Crippen LogP contribution in [0, 0.1) is 11.3 Å². The van der Waals surface area contributed by atoms with Crippen LogP contribution in [0.4, 0.5) is 0 Å². The predicted octanol–water partition coefficient (Wildman–Crippen LogP) is 1.56. The Morgan fingerprint density at radius 3 is 2.68 bits per heavy atom. The minimum absolute atomic E-state index is 0.0238. The molecule has 8 nitrogen and oxygen atoms in total. The second-order valence-corrected chi connectivity index (χ2v) is 8.29. The van der Waals surface area contributed by atoms with E-state index in [2.05, 4.69) is 0 Å². The number of amides is 1. The highest BCUT2D eigenvalue weighted by Gasteiger charge is 2.42. The Morgan fingerprint density at radius 2 is 2.00 bits per heavy atom. The number of rotatable bonds is 6. The van der Waals surface area contributed by atoms with Crippen LogP contribution >= 0.6 is 0 Å². The molecular weight excluding hydrogens is 382 g/mol. The lowest BCUT2D eigenvalue weighted by Crippen LogP contribution is -2.47. The summed E-state index contributed by atoms with van der Waals surface area (Å²) in [6.45, 7) is 3.36. The Balaban J connectivity index is 2.19. The highest BCUT2D eigenvalue weighted by Crippen LogP contribution is 2.38. The molecule has 2 heterocycles. The van der Waals surface area contributed by atoms with Gasteiger partial charge >= 0.3 is 0 Å². The topological polar surface area (TPSA) is 99.9 Å². The Kier molecular flexibility index (Phi) is 6.21. The molecule has 0 aliphatic carbocycles. The molecule has 9 heteroatoms. The fourth-order valence-electron chi connectivity index (χ4n) is 3.26. The fourth-order valence-corrected chi connectivity index (χ4v) is 4.96. The zero-order valence-corrected chi connectivity index (χ0v) is 16.6. The van der Waals surface area contributed by atoms with Crippen LogP contribution in [0.1, 0.15) is 25.3 Å². The summed E-state index contributed by atoms with van der Waals surface area (Å²) in [4.78, 5) is 15.0. The Bertz CT molecular complexity index is 914. The molecule has 1 aromatic carbocycles. The third-order valence-electron chi connectivity index (χ3n) is 4.66. The Morgan fingerprint density at radius 1 is 1.29 bits per heavy atom. The maximum Gasteiger partial charge on any atom is 0.275 e. The van der Waals surface area contributed by atoms with Crippen LogP contribution < -0.4 is 0 Å². The number of unbranched alkanes of at least 4 members (excludes halogenated alkanes) is 1. The molecule has 1 saturated heterocycles. The van der Waals surface area contributed by atoms with Gasteiger partial charge < -0.3 is 14.4 Å². The number of ether oxygens (including phenoxy) is 2. The smallest absolute Gasteiger partial charge is 0.275 e. The molecule has 0 radical (unpaired) electrons. The molecule has 0 atom stereocenters. The van der Waals surface area contributed by atoms with Gasteiger partial charge in [-0.1, -0.05) is 25.5 Å². The number of nitrogens with zero attached hydrogens (tertiary/aromatic N) is 3. The van der Waals surface area contributed by atoms with E-state index in [9.17, 15) is 13.2 Å². The van der Waals surface area contributed by atoms with E-state index in [0.717, 1.165) is 10.7 Å². The van der Waals surface area contributed by atoms with Gasteiger partial charge in [-0.25, -0.2) is 8.42 Å². The summed E-state index contributed by atoms with van der Waals surface area (Å²) in [5.74, 6) is -0.287. The van der Waals surface area contributed by atoms with Crippen LogP contribution in [0.25, 0.3) is 5.76 Å². The van der Waals surface area contributed by atoms with Crippen LogP contribution in [0.2, 0.25) is 0 Å². The van der Waals surface area contributed by atoms with Crippen molar-refractivity contribution in [1.82, 2.24) is 9.21 Å². The van der Waals surface area contributed by atoms with Gasteiger partial charge in [0.1, 0.15) is 6.07 Å². The molecule has 0 bridgehead atoms. The van der Waals surface area contributed by atoms with Crippen molar-refractivity contribution in [3.05, 3.63) is 35.5 Å². The Labute approximate surface area is 165 Å². The van der Waals surface area contributed by atoms with Gasteiger partial charge in [0.2, 0.25) is 0 Å². The molecule has 3 rings (SSSR count). The molecule has 0 spiro atoms. The van der Waals surface area contributed by atoms with E-state index in [1.54, 1.807) is 23.1 Å². The summed E-state index contributed by atoms with van der Waals surface area (Å²) in [6.07, 6.45) is 1.36. The van der Waals surface area contributed by atoms with E-state index < -0.39 is 15.9 Å². The molecule has 2 aliphatic rings. The first-order valence-electron chi connectivity index (χ1n) is 9.25. The molecule has 1 aromatic rings. The van der Waals surface area contributed by atoms with Gasteiger partial charge in [0.15, 0.2) is 18.1 Å². The third-order valence-corrected chi connectivity index (χ3v) is 6.52. The Hall–Kier alpha value is -2.57. The van der Waals surface area contributed by atoms with Crippen molar-refractivity contribution >= 4 is 21.7 Å².